The molecule has 0 aromatic heterocycles. The molecule has 1 atom stereocenters. The van der Waals surface area contributed by atoms with Crippen LogP contribution >= 0.6 is 27.5 Å². The van der Waals surface area contributed by atoms with Gasteiger partial charge in [-0.25, -0.2) is 4.39 Å². The quantitative estimate of drug-likeness (QED) is 0.615. The van der Waals surface area contributed by atoms with Gasteiger partial charge in [-0.05, 0) is 42.3 Å². The van der Waals surface area contributed by atoms with Gasteiger partial charge < -0.3 is 4.74 Å². The highest BCUT2D eigenvalue weighted by atomic mass is 79.9. The molecule has 0 saturated heterocycles. The van der Waals surface area contributed by atoms with E-state index in [0.717, 1.165) is 10.0 Å². The van der Waals surface area contributed by atoms with Crippen LogP contribution < -0.4 is 16.0 Å². The minimum absolute atomic E-state index is 0.302. The van der Waals surface area contributed by atoms with E-state index in [0.29, 0.717) is 22.8 Å². The summed E-state index contributed by atoms with van der Waals surface area (Å²) in [6.45, 7) is 0. The lowest BCUT2D eigenvalue weighted by molar-refractivity contribution is 0.412. The summed E-state index contributed by atoms with van der Waals surface area (Å²) in [5, 5.41) is 0.384. The topological polar surface area (TPSA) is 47.3 Å². The van der Waals surface area contributed by atoms with Crippen molar-refractivity contribution in [3.63, 3.8) is 0 Å². The summed E-state index contributed by atoms with van der Waals surface area (Å²) in [7, 11) is 1.59. The molecular formula is C15H15BrClFN2O. The standard InChI is InChI=1S/C15H15BrClFN2O/c1-21-9-5-6-12(16)10(7-9)15(20-19)8-11-13(17)3-2-4-14(11)18/h2-7,15,20H,8,19H2,1H3. The Bertz CT molecular complexity index is 619. The van der Waals surface area contributed by atoms with Crippen LogP contribution in [0.25, 0.3) is 0 Å². The van der Waals surface area contributed by atoms with Crippen molar-refractivity contribution >= 4 is 27.5 Å². The summed E-state index contributed by atoms with van der Waals surface area (Å²) in [5.41, 5.74) is 4.00. The van der Waals surface area contributed by atoms with Crippen LogP contribution in [0.3, 0.4) is 0 Å². The van der Waals surface area contributed by atoms with Gasteiger partial charge in [-0.15, -0.1) is 0 Å². The number of hydrogen-bond donors (Lipinski definition) is 2. The molecule has 0 fully saturated rings. The fourth-order valence-electron chi connectivity index (χ4n) is 2.11. The summed E-state index contributed by atoms with van der Waals surface area (Å²) >= 11 is 9.54. The van der Waals surface area contributed by atoms with Crippen LogP contribution in [0.1, 0.15) is 17.2 Å². The van der Waals surface area contributed by atoms with Crippen molar-refractivity contribution in [2.45, 2.75) is 12.5 Å². The van der Waals surface area contributed by atoms with Crippen LogP contribution in [0.15, 0.2) is 40.9 Å². The maximum Gasteiger partial charge on any atom is 0.127 e. The predicted octanol–water partition coefficient (Wildman–Crippen LogP) is 4.00. The number of hydrogen-bond acceptors (Lipinski definition) is 3. The molecule has 21 heavy (non-hydrogen) atoms. The van der Waals surface area contributed by atoms with E-state index in [4.69, 9.17) is 22.2 Å². The van der Waals surface area contributed by atoms with Crippen LogP contribution in [0.5, 0.6) is 5.75 Å². The fraction of sp³-hybridized carbons (Fsp3) is 0.200. The highest BCUT2D eigenvalue weighted by Crippen LogP contribution is 2.31. The lowest BCUT2D eigenvalue weighted by Crippen LogP contribution is -2.30. The summed E-state index contributed by atoms with van der Waals surface area (Å²) in [6, 6.07) is 9.86. The molecule has 0 amide bonds. The summed E-state index contributed by atoms with van der Waals surface area (Å²) in [5.74, 6) is 5.99. The first kappa shape index (κ1) is 16.2. The van der Waals surface area contributed by atoms with Crippen molar-refractivity contribution in [3.8, 4) is 5.75 Å². The Kier molecular flexibility index (Phi) is 5.58. The second-order valence-corrected chi connectivity index (χ2v) is 5.77. The Balaban J connectivity index is 2.36. The van der Waals surface area contributed by atoms with Gasteiger partial charge in [0.25, 0.3) is 0 Å². The number of nitrogens with two attached hydrogens (primary N) is 1. The Morgan fingerprint density at radius 3 is 2.76 bits per heavy atom. The zero-order valence-corrected chi connectivity index (χ0v) is 13.7. The molecule has 0 aliphatic carbocycles. The van der Waals surface area contributed by atoms with Gasteiger partial charge in [0.05, 0.1) is 13.2 Å². The minimum Gasteiger partial charge on any atom is -0.497 e. The molecule has 0 aliphatic rings. The van der Waals surface area contributed by atoms with Gasteiger partial charge in [0.15, 0.2) is 0 Å². The molecule has 0 heterocycles. The predicted molar refractivity (Wildman–Crippen MR) is 85.9 cm³/mol. The van der Waals surface area contributed by atoms with Gasteiger partial charge in [0, 0.05) is 15.1 Å². The first-order chi connectivity index (χ1) is 10.1. The van der Waals surface area contributed by atoms with Crippen LogP contribution in [0.4, 0.5) is 4.39 Å². The van der Waals surface area contributed by atoms with Gasteiger partial charge >= 0.3 is 0 Å². The smallest absolute Gasteiger partial charge is 0.127 e. The monoisotopic (exact) mass is 372 g/mol. The summed E-state index contributed by atoms with van der Waals surface area (Å²) < 4.78 is 20.0. The molecule has 2 aromatic carbocycles. The zero-order valence-electron chi connectivity index (χ0n) is 11.4. The molecule has 0 spiro atoms. The van der Waals surface area contributed by atoms with Crippen molar-refractivity contribution < 1.29 is 9.13 Å². The van der Waals surface area contributed by atoms with Gasteiger partial charge in [0.1, 0.15) is 11.6 Å². The van der Waals surface area contributed by atoms with Crippen LogP contribution in [-0.2, 0) is 6.42 Å². The molecule has 6 heteroatoms. The van der Waals surface area contributed by atoms with Crippen molar-refractivity contribution in [1.82, 2.24) is 5.43 Å². The van der Waals surface area contributed by atoms with Crippen LogP contribution in [0, 0.1) is 5.82 Å². The number of nitrogens with one attached hydrogen (secondary N) is 1. The van der Waals surface area contributed by atoms with E-state index in [9.17, 15) is 4.39 Å². The van der Waals surface area contributed by atoms with E-state index in [1.807, 2.05) is 18.2 Å². The number of benzene rings is 2. The molecule has 0 radical (unpaired) electrons. The van der Waals surface area contributed by atoms with Crippen molar-refractivity contribution in [3.05, 3.63) is 62.8 Å². The third-order valence-corrected chi connectivity index (χ3v) is 4.33. The molecule has 3 nitrogen and oxygen atoms in total. The number of rotatable bonds is 5. The average Bonchev–Trinajstić information content (AvgIpc) is 2.48. The zero-order chi connectivity index (χ0) is 15.4. The molecule has 3 N–H and O–H groups in total. The number of ether oxygens (including phenoxy) is 1. The fourth-order valence-corrected chi connectivity index (χ4v) is 2.87. The van der Waals surface area contributed by atoms with E-state index in [2.05, 4.69) is 21.4 Å². The lowest BCUT2D eigenvalue weighted by atomic mass is 9.98. The van der Waals surface area contributed by atoms with Gasteiger partial charge in [-0.1, -0.05) is 33.6 Å². The van der Waals surface area contributed by atoms with E-state index in [1.54, 1.807) is 19.2 Å². The third kappa shape index (κ3) is 3.74. The normalized spacial score (nSPS) is 12.2. The van der Waals surface area contributed by atoms with Crippen LogP contribution in [-0.4, -0.2) is 7.11 Å². The first-order valence-electron chi connectivity index (χ1n) is 6.29. The van der Waals surface area contributed by atoms with Crippen molar-refractivity contribution in [2.24, 2.45) is 5.84 Å². The molecule has 1 unspecified atom stereocenters. The molecule has 0 saturated carbocycles. The number of halogens is 3. The largest absolute Gasteiger partial charge is 0.497 e. The molecule has 0 bridgehead atoms. The van der Waals surface area contributed by atoms with Gasteiger partial charge in [-0.2, -0.15) is 0 Å². The third-order valence-electron chi connectivity index (χ3n) is 3.25. The van der Waals surface area contributed by atoms with E-state index in [-0.39, 0.29) is 11.9 Å². The maximum absolute atomic E-state index is 13.9. The minimum atomic E-state index is -0.346. The molecular weight excluding hydrogens is 359 g/mol. The van der Waals surface area contributed by atoms with E-state index >= 15 is 0 Å². The number of methoxy groups -OCH3 is 1. The molecule has 2 rings (SSSR count). The molecule has 0 aliphatic heterocycles. The summed E-state index contributed by atoms with van der Waals surface area (Å²) in [4.78, 5) is 0. The second-order valence-electron chi connectivity index (χ2n) is 4.51. The Hall–Kier alpha value is -1.14. The van der Waals surface area contributed by atoms with Gasteiger partial charge in [0.2, 0.25) is 0 Å². The SMILES string of the molecule is COc1ccc(Br)c(C(Cc2c(F)cccc2Cl)NN)c1. The number of hydrazine groups is 1. The Morgan fingerprint density at radius 1 is 1.38 bits per heavy atom. The van der Waals surface area contributed by atoms with Crippen LogP contribution in [0.2, 0.25) is 5.02 Å². The van der Waals surface area contributed by atoms with Gasteiger partial charge in [-0.3, -0.25) is 11.3 Å². The molecule has 2 aromatic rings. The Labute approximate surface area is 136 Å². The highest BCUT2D eigenvalue weighted by Gasteiger charge is 2.18. The van der Waals surface area contributed by atoms with E-state index in [1.165, 1.54) is 6.07 Å². The lowest BCUT2D eigenvalue weighted by Gasteiger charge is -2.19. The highest BCUT2D eigenvalue weighted by molar-refractivity contribution is 9.10. The summed E-state index contributed by atoms with van der Waals surface area (Å²) in [6.07, 6.45) is 0.327. The Morgan fingerprint density at radius 2 is 2.14 bits per heavy atom. The van der Waals surface area contributed by atoms with Crippen molar-refractivity contribution in [2.75, 3.05) is 7.11 Å². The first-order valence-corrected chi connectivity index (χ1v) is 7.46. The average molecular weight is 374 g/mol. The molecule has 112 valence electrons. The second kappa shape index (κ2) is 7.22. The van der Waals surface area contributed by atoms with E-state index < -0.39 is 0 Å². The maximum atomic E-state index is 13.9. The van der Waals surface area contributed by atoms with Crippen molar-refractivity contribution in [1.29, 1.82) is 0 Å².